The molecule has 0 aromatic heterocycles. The number of carbonyl (C=O) groups excluding carboxylic acids is 2. The summed E-state index contributed by atoms with van der Waals surface area (Å²) < 4.78 is 10.5. The van der Waals surface area contributed by atoms with Gasteiger partial charge in [-0.15, -0.1) is 0 Å². The molecule has 0 saturated carbocycles. The average Bonchev–Trinajstić information content (AvgIpc) is 2.85. The average molecular weight is 476 g/mol. The number of ether oxygens (including phenoxy) is 2. The van der Waals surface area contributed by atoms with Crippen LogP contribution in [0.5, 0.6) is 0 Å². The molecule has 1 unspecified atom stereocenters. The molecule has 0 spiro atoms. The third kappa shape index (κ3) is 9.00. The van der Waals surface area contributed by atoms with Crippen LogP contribution in [0, 0.1) is 0 Å². The van der Waals surface area contributed by atoms with Crippen LogP contribution in [0.2, 0.25) is 0 Å². The Balaban J connectivity index is 0.00000133. The molecule has 0 fully saturated rings. The maximum atomic E-state index is 12.3. The molecule has 4 N–H and O–H groups in total. The van der Waals surface area contributed by atoms with E-state index in [1.165, 1.54) is 36.4 Å². The quantitative estimate of drug-likeness (QED) is 0.279. The molecule has 0 saturated heterocycles. The zero-order chi connectivity index (χ0) is 25.5. The lowest BCUT2D eigenvalue weighted by Gasteiger charge is -2.17. The first-order valence-electron chi connectivity index (χ1n) is 10.5. The molecule has 1 atom stereocenters. The van der Waals surface area contributed by atoms with Crippen LogP contribution >= 0.6 is 0 Å². The molecule has 10 heteroatoms. The number of rotatable bonds is 11. The molecule has 0 aliphatic rings. The smallest absolute Gasteiger partial charge is 0.339 e. The van der Waals surface area contributed by atoms with Gasteiger partial charge in [0.25, 0.3) is 0 Å². The largest absolute Gasteiger partial charge is 0.478 e. The molecular weight excluding hydrogens is 448 g/mol. The van der Waals surface area contributed by atoms with Crippen LogP contribution < -0.4 is 0 Å². The number of esters is 2. The molecule has 0 heterocycles. The summed E-state index contributed by atoms with van der Waals surface area (Å²) >= 11 is 0. The predicted molar refractivity (Wildman–Crippen MR) is 120 cm³/mol. The molecule has 2 aromatic carbocycles. The first-order chi connectivity index (χ1) is 16.3. The minimum Gasteiger partial charge on any atom is -0.478 e. The van der Waals surface area contributed by atoms with Gasteiger partial charge in [-0.3, -0.25) is 0 Å². The van der Waals surface area contributed by atoms with Gasteiger partial charge >= 0.3 is 23.9 Å². The minimum absolute atomic E-state index is 0.0204. The second-order valence-corrected chi connectivity index (χ2v) is 6.86. The number of carboxylic acid groups (broad SMARTS) is 2. The molecule has 0 radical (unpaired) electrons. The van der Waals surface area contributed by atoms with E-state index in [1.807, 2.05) is 6.92 Å². The van der Waals surface area contributed by atoms with E-state index >= 15 is 0 Å². The number of carboxylic acids is 2. The van der Waals surface area contributed by atoms with Crippen LogP contribution in [0.1, 0.15) is 67.6 Å². The maximum Gasteiger partial charge on any atom is 0.339 e. The van der Waals surface area contributed by atoms with E-state index < -0.39 is 30.0 Å². The highest BCUT2D eigenvalue weighted by Crippen LogP contribution is 2.16. The van der Waals surface area contributed by atoms with Crippen molar-refractivity contribution in [3.63, 3.8) is 0 Å². The summed E-state index contributed by atoms with van der Waals surface area (Å²) in [6.45, 7) is 1.59. The molecule has 0 bridgehead atoms. The van der Waals surface area contributed by atoms with Gasteiger partial charge < -0.3 is 29.9 Å². The maximum absolute atomic E-state index is 12.3. The molecule has 184 valence electrons. The summed E-state index contributed by atoms with van der Waals surface area (Å²) in [6, 6.07) is 11.6. The Hall–Kier alpha value is -3.76. The van der Waals surface area contributed by atoms with Crippen molar-refractivity contribution in [2.45, 2.75) is 32.3 Å². The molecule has 2 rings (SSSR count). The van der Waals surface area contributed by atoms with Crippen molar-refractivity contribution in [1.82, 2.24) is 0 Å². The summed E-state index contributed by atoms with van der Waals surface area (Å²) in [5, 5.41) is 33.6. The van der Waals surface area contributed by atoms with Crippen LogP contribution in [-0.4, -0.2) is 70.2 Å². The molecule has 10 nitrogen and oxygen atoms in total. The molecule has 0 aliphatic heterocycles. The summed E-state index contributed by atoms with van der Waals surface area (Å²) in [6.07, 6.45) is 0.791. The van der Waals surface area contributed by atoms with Gasteiger partial charge in [-0.05, 0) is 43.5 Å². The Morgan fingerprint density at radius 2 is 1.21 bits per heavy atom. The highest BCUT2D eigenvalue weighted by molar-refractivity contribution is 6.03. The summed E-state index contributed by atoms with van der Waals surface area (Å²) in [4.78, 5) is 46.9. The standard InChI is InChI=1S/C22H22O8.C2H6O2/c1-2-14(30-22(28)18-12-6-4-10-16(18)20(25)26)8-7-13-29-21(27)17-11-5-3-9-15(17)19(23)24;3-1-2-4/h3-6,9-12,14H,2,7-8,13H2,1H3,(H,23,24)(H,25,26);3-4H,1-2H2. The third-order valence-corrected chi connectivity index (χ3v) is 4.49. The fourth-order valence-electron chi connectivity index (χ4n) is 2.81. The Morgan fingerprint density at radius 1 is 0.765 bits per heavy atom. The van der Waals surface area contributed by atoms with Crippen LogP contribution in [0.25, 0.3) is 0 Å². The third-order valence-electron chi connectivity index (χ3n) is 4.49. The highest BCUT2D eigenvalue weighted by Gasteiger charge is 2.21. The second kappa shape index (κ2) is 15.1. The van der Waals surface area contributed by atoms with Gasteiger partial charge in [-0.1, -0.05) is 31.2 Å². The Bertz CT molecular complexity index is 968. The van der Waals surface area contributed by atoms with Gasteiger partial charge in [0.2, 0.25) is 0 Å². The number of benzene rings is 2. The Morgan fingerprint density at radius 3 is 1.62 bits per heavy atom. The van der Waals surface area contributed by atoms with Crippen molar-refractivity contribution in [2.24, 2.45) is 0 Å². The Labute approximate surface area is 196 Å². The van der Waals surface area contributed by atoms with E-state index in [-0.39, 0.29) is 42.1 Å². The van der Waals surface area contributed by atoms with E-state index in [4.69, 9.17) is 24.8 Å². The summed E-state index contributed by atoms with van der Waals surface area (Å²) in [5.74, 6) is -3.91. The van der Waals surface area contributed by atoms with E-state index in [1.54, 1.807) is 12.1 Å². The highest BCUT2D eigenvalue weighted by atomic mass is 16.5. The van der Waals surface area contributed by atoms with E-state index in [0.717, 1.165) is 0 Å². The van der Waals surface area contributed by atoms with Crippen LogP contribution in [0.3, 0.4) is 0 Å². The fourth-order valence-corrected chi connectivity index (χ4v) is 2.81. The second-order valence-electron chi connectivity index (χ2n) is 6.86. The van der Waals surface area contributed by atoms with Crippen molar-refractivity contribution < 1.29 is 49.1 Å². The minimum atomic E-state index is -1.22. The summed E-state index contributed by atoms with van der Waals surface area (Å²) in [5.41, 5.74) is -0.336. The van der Waals surface area contributed by atoms with E-state index in [9.17, 15) is 24.3 Å². The zero-order valence-electron chi connectivity index (χ0n) is 18.7. The lowest BCUT2D eigenvalue weighted by Crippen LogP contribution is -2.20. The van der Waals surface area contributed by atoms with Gasteiger partial charge in [0.05, 0.1) is 42.1 Å². The molecular formula is C24H28O10. The number of aromatic carboxylic acids is 2. The van der Waals surface area contributed by atoms with Gasteiger partial charge in [0, 0.05) is 0 Å². The fraction of sp³-hybridized carbons (Fsp3) is 0.333. The normalized spacial score (nSPS) is 10.9. The first-order valence-corrected chi connectivity index (χ1v) is 10.5. The summed E-state index contributed by atoms with van der Waals surface area (Å²) in [7, 11) is 0. The van der Waals surface area contributed by atoms with Crippen LogP contribution in [0.15, 0.2) is 48.5 Å². The monoisotopic (exact) mass is 476 g/mol. The zero-order valence-corrected chi connectivity index (χ0v) is 18.7. The van der Waals surface area contributed by atoms with Crippen molar-refractivity contribution in [1.29, 1.82) is 0 Å². The van der Waals surface area contributed by atoms with Crippen molar-refractivity contribution in [3.05, 3.63) is 70.8 Å². The van der Waals surface area contributed by atoms with Crippen molar-refractivity contribution >= 4 is 23.9 Å². The van der Waals surface area contributed by atoms with Crippen molar-refractivity contribution in [3.8, 4) is 0 Å². The van der Waals surface area contributed by atoms with Crippen LogP contribution in [-0.2, 0) is 9.47 Å². The molecule has 0 aliphatic carbocycles. The van der Waals surface area contributed by atoms with E-state index in [0.29, 0.717) is 19.3 Å². The number of hydrogen-bond donors (Lipinski definition) is 4. The van der Waals surface area contributed by atoms with Gasteiger partial charge in [0.1, 0.15) is 6.10 Å². The SMILES string of the molecule is CCC(CCCOC(=O)c1ccccc1C(=O)O)OC(=O)c1ccccc1C(=O)O.OCCO. The molecule has 0 amide bonds. The lowest BCUT2D eigenvalue weighted by atomic mass is 10.1. The number of aliphatic hydroxyl groups is 2. The predicted octanol–water partition coefficient (Wildman–Crippen LogP) is 2.63. The number of aliphatic hydroxyl groups excluding tert-OH is 2. The molecule has 34 heavy (non-hydrogen) atoms. The van der Waals surface area contributed by atoms with Crippen molar-refractivity contribution in [2.75, 3.05) is 19.8 Å². The van der Waals surface area contributed by atoms with Gasteiger partial charge in [-0.2, -0.15) is 0 Å². The van der Waals surface area contributed by atoms with E-state index in [2.05, 4.69) is 0 Å². The first kappa shape index (κ1) is 28.3. The molecule has 2 aromatic rings. The van der Waals surface area contributed by atoms with Gasteiger partial charge in [0.15, 0.2) is 0 Å². The van der Waals surface area contributed by atoms with Gasteiger partial charge in [-0.25, -0.2) is 19.2 Å². The Kier molecular flexibility index (Phi) is 12.6. The number of carbonyl (C=O) groups is 4. The lowest BCUT2D eigenvalue weighted by molar-refractivity contribution is 0.0227. The topological polar surface area (TPSA) is 168 Å². The van der Waals surface area contributed by atoms with Crippen LogP contribution in [0.4, 0.5) is 0 Å². The number of hydrogen-bond acceptors (Lipinski definition) is 8.